The molecule has 1 aliphatic carbocycles. The fourth-order valence-electron chi connectivity index (χ4n) is 2.66. The highest BCUT2D eigenvalue weighted by Crippen LogP contribution is 2.21. The first kappa shape index (κ1) is 14.9. The van der Waals surface area contributed by atoms with Gasteiger partial charge < -0.3 is 5.32 Å². The number of benzene rings is 1. The predicted octanol–water partition coefficient (Wildman–Crippen LogP) is 3.17. The van der Waals surface area contributed by atoms with Gasteiger partial charge in [-0.25, -0.2) is 8.78 Å². The van der Waals surface area contributed by atoms with E-state index in [0.717, 1.165) is 25.0 Å². The van der Waals surface area contributed by atoms with Crippen LogP contribution in [0.1, 0.15) is 32.1 Å². The molecular weight excluding hydrogens is 262 g/mol. The van der Waals surface area contributed by atoms with Gasteiger partial charge in [-0.3, -0.25) is 9.69 Å². The molecule has 110 valence electrons. The summed E-state index contributed by atoms with van der Waals surface area (Å²) in [6.07, 6.45) is 5.87. The Morgan fingerprint density at radius 2 is 2.00 bits per heavy atom. The number of halogens is 2. The number of nitrogens with zero attached hydrogens (tertiary/aromatic N) is 1. The molecule has 0 heterocycles. The third-order valence-electron chi connectivity index (χ3n) is 3.80. The zero-order valence-electron chi connectivity index (χ0n) is 11.7. The van der Waals surface area contributed by atoms with Gasteiger partial charge >= 0.3 is 0 Å². The molecule has 5 heteroatoms. The molecule has 1 N–H and O–H groups in total. The Kier molecular flexibility index (Phi) is 5.06. The number of rotatable bonds is 4. The van der Waals surface area contributed by atoms with Gasteiger partial charge in [-0.15, -0.1) is 0 Å². The standard InChI is InChI=1S/C15H20F2N2O/c1-19(12-5-3-2-4-6-12)10-15(20)18-14-8-7-11(16)9-13(14)17/h7-9,12H,2-6,10H2,1H3,(H,18,20). The second kappa shape index (κ2) is 6.79. The maximum Gasteiger partial charge on any atom is 0.238 e. The lowest BCUT2D eigenvalue weighted by Crippen LogP contribution is -2.39. The Balaban J connectivity index is 1.88. The van der Waals surface area contributed by atoms with E-state index in [1.807, 2.05) is 11.9 Å². The van der Waals surface area contributed by atoms with Gasteiger partial charge in [0.25, 0.3) is 0 Å². The van der Waals surface area contributed by atoms with Gasteiger partial charge in [0.2, 0.25) is 5.91 Å². The zero-order valence-corrected chi connectivity index (χ0v) is 11.7. The average Bonchev–Trinajstić information content (AvgIpc) is 2.43. The second-order valence-electron chi connectivity index (χ2n) is 5.38. The van der Waals surface area contributed by atoms with Crippen molar-refractivity contribution in [2.45, 2.75) is 38.1 Å². The number of carbonyl (C=O) groups excluding carboxylic acids is 1. The third-order valence-corrected chi connectivity index (χ3v) is 3.80. The molecule has 1 aromatic rings. The number of hydrogen-bond acceptors (Lipinski definition) is 2. The zero-order chi connectivity index (χ0) is 14.5. The molecule has 1 fully saturated rings. The number of carbonyl (C=O) groups is 1. The predicted molar refractivity (Wildman–Crippen MR) is 74.5 cm³/mol. The van der Waals surface area contributed by atoms with Gasteiger partial charge in [-0.05, 0) is 32.0 Å². The largest absolute Gasteiger partial charge is 0.322 e. The maximum atomic E-state index is 13.4. The van der Waals surface area contributed by atoms with Gasteiger partial charge in [0.1, 0.15) is 11.6 Å². The van der Waals surface area contributed by atoms with Crippen molar-refractivity contribution in [3.05, 3.63) is 29.8 Å². The van der Waals surface area contributed by atoms with Crippen molar-refractivity contribution in [1.82, 2.24) is 4.90 Å². The maximum absolute atomic E-state index is 13.4. The van der Waals surface area contributed by atoms with E-state index in [4.69, 9.17) is 0 Å². The summed E-state index contributed by atoms with van der Waals surface area (Å²) >= 11 is 0. The van der Waals surface area contributed by atoms with Gasteiger partial charge in [0.15, 0.2) is 0 Å². The normalized spacial score (nSPS) is 16.4. The van der Waals surface area contributed by atoms with Crippen LogP contribution in [0, 0.1) is 11.6 Å². The van der Waals surface area contributed by atoms with Crippen LogP contribution in [0.4, 0.5) is 14.5 Å². The minimum atomic E-state index is -0.751. The van der Waals surface area contributed by atoms with Crippen molar-refractivity contribution in [3.63, 3.8) is 0 Å². The lowest BCUT2D eigenvalue weighted by Gasteiger charge is -2.30. The van der Waals surface area contributed by atoms with E-state index in [-0.39, 0.29) is 18.1 Å². The number of likely N-dealkylation sites (N-methyl/N-ethyl adjacent to an activating group) is 1. The lowest BCUT2D eigenvalue weighted by atomic mass is 9.94. The Labute approximate surface area is 118 Å². The summed E-state index contributed by atoms with van der Waals surface area (Å²) in [5.74, 6) is -1.68. The third kappa shape index (κ3) is 4.00. The van der Waals surface area contributed by atoms with Gasteiger partial charge in [-0.2, -0.15) is 0 Å². The van der Waals surface area contributed by atoms with E-state index in [2.05, 4.69) is 5.32 Å². The summed E-state index contributed by atoms with van der Waals surface area (Å²) in [7, 11) is 1.91. The quantitative estimate of drug-likeness (QED) is 0.920. The molecule has 0 aromatic heterocycles. The lowest BCUT2D eigenvalue weighted by molar-refractivity contribution is -0.117. The SMILES string of the molecule is CN(CC(=O)Nc1ccc(F)cc1F)C1CCCCC1. The highest BCUT2D eigenvalue weighted by Gasteiger charge is 2.20. The van der Waals surface area contributed by atoms with Crippen LogP contribution in [-0.4, -0.2) is 30.4 Å². The number of amides is 1. The first-order valence-corrected chi connectivity index (χ1v) is 7.01. The molecule has 1 saturated carbocycles. The van der Waals surface area contributed by atoms with E-state index in [0.29, 0.717) is 6.04 Å². The first-order valence-electron chi connectivity index (χ1n) is 7.01. The van der Waals surface area contributed by atoms with Gasteiger partial charge in [-0.1, -0.05) is 19.3 Å². The van der Waals surface area contributed by atoms with E-state index in [9.17, 15) is 13.6 Å². The van der Waals surface area contributed by atoms with Crippen molar-refractivity contribution in [2.24, 2.45) is 0 Å². The van der Waals surface area contributed by atoms with E-state index >= 15 is 0 Å². The van der Waals surface area contributed by atoms with Crippen LogP contribution in [0.5, 0.6) is 0 Å². The van der Waals surface area contributed by atoms with Gasteiger partial charge in [0.05, 0.1) is 12.2 Å². The second-order valence-corrected chi connectivity index (χ2v) is 5.38. The smallest absolute Gasteiger partial charge is 0.238 e. The molecule has 1 amide bonds. The topological polar surface area (TPSA) is 32.3 Å². The van der Waals surface area contributed by atoms with Crippen LogP contribution in [0.15, 0.2) is 18.2 Å². The fraction of sp³-hybridized carbons (Fsp3) is 0.533. The van der Waals surface area contributed by atoms with Crippen molar-refractivity contribution < 1.29 is 13.6 Å². The molecular formula is C15H20F2N2O. The summed E-state index contributed by atoms with van der Waals surface area (Å²) in [4.78, 5) is 13.9. The molecule has 0 radical (unpaired) electrons. The molecule has 1 aliphatic rings. The number of hydrogen-bond donors (Lipinski definition) is 1. The Morgan fingerprint density at radius 3 is 2.65 bits per heavy atom. The van der Waals surface area contributed by atoms with Crippen LogP contribution in [0.25, 0.3) is 0 Å². The Morgan fingerprint density at radius 1 is 1.30 bits per heavy atom. The highest BCUT2D eigenvalue weighted by atomic mass is 19.1. The van der Waals surface area contributed by atoms with Crippen molar-refractivity contribution >= 4 is 11.6 Å². The fourth-order valence-corrected chi connectivity index (χ4v) is 2.66. The minimum Gasteiger partial charge on any atom is -0.322 e. The van der Waals surface area contributed by atoms with Gasteiger partial charge in [0, 0.05) is 12.1 Å². The molecule has 0 unspecified atom stereocenters. The highest BCUT2D eigenvalue weighted by molar-refractivity contribution is 5.92. The number of nitrogens with one attached hydrogen (secondary N) is 1. The summed E-state index contributed by atoms with van der Waals surface area (Å²) < 4.78 is 26.2. The van der Waals surface area contributed by atoms with Crippen LogP contribution in [0.3, 0.4) is 0 Å². The molecule has 2 rings (SSSR count). The summed E-state index contributed by atoms with van der Waals surface area (Å²) in [6, 6.07) is 3.56. The van der Waals surface area contributed by atoms with Crippen LogP contribution >= 0.6 is 0 Å². The van der Waals surface area contributed by atoms with Crippen LogP contribution < -0.4 is 5.32 Å². The summed E-state index contributed by atoms with van der Waals surface area (Å²) in [5.41, 5.74) is 0.0217. The average molecular weight is 282 g/mol. The molecule has 0 spiro atoms. The molecule has 0 bridgehead atoms. The van der Waals surface area contributed by atoms with E-state index in [1.165, 1.54) is 25.3 Å². The summed E-state index contributed by atoms with van der Waals surface area (Å²) in [6.45, 7) is 0.224. The van der Waals surface area contributed by atoms with Crippen molar-refractivity contribution in [2.75, 3.05) is 18.9 Å². The monoisotopic (exact) mass is 282 g/mol. The Hall–Kier alpha value is -1.49. The van der Waals surface area contributed by atoms with E-state index in [1.54, 1.807) is 0 Å². The van der Waals surface area contributed by atoms with Crippen molar-refractivity contribution in [3.8, 4) is 0 Å². The molecule has 0 saturated heterocycles. The summed E-state index contributed by atoms with van der Waals surface area (Å²) in [5, 5.41) is 2.49. The van der Waals surface area contributed by atoms with Crippen LogP contribution in [-0.2, 0) is 4.79 Å². The minimum absolute atomic E-state index is 0.0217. The van der Waals surface area contributed by atoms with Crippen LogP contribution in [0.2, 0.25) is 0 Å². The molecule has 1 aromatic carbocycles. The molecule has 3 nitrogen and oxygen atoms in total. The number of anilines is 1. The first-order chi connectivity index (χ1) is 9.56. The molecule has 20 heavy (non-hydrogen) atoms. The van der Waals surface area contributed by atoms with E-state index < -0.39 is 11.6 Å². The molecule has 0 aliphatic heterocycles. The molecule has 0 atom stereocenters. The van der Waals surface area contributed by atoms with Crippen molar-refractivity contribution in [1.29, 1.82) is 0 Å². The Bertz CT molecular complexity index is 473.